The first-order valence-electron chi connectivity index (χ1n) is 4.77. The van der Waals surface area contributed by atoms with Crippen molar-refractivity contribution in [1.82, 2.24) is 10.2 Å². The van der Waals surface area contributed by atoms with E-state index < -0.39 is 0 Å². The lowest BCUT2D eigenvalue weighted by atomic mass is 10.1. The van der Waals surface area contributed by atoms with Crippen molar-refractivity contribution in [3.05, 3.63) is 0 Å². The maximum Gasteiger partial charge on any atom is 0.237 e. The Balaban J connectivity index is 2.43. The van der Waals surface area contributed by atoms with Crippen LogP contribution in [0.3, 0.4) is 0 Å². The highest BCUT2D eigenvalue weighted by Gasteiger charge is 2.25. The molecule has 0 aromatic rings. The summed E-state index contributed by atoms with van der Waals surface area (Å²) in [4.78, 5) is 13.4. The summed E-state index contributed by atoms with van der Waals surface area (Å²) < 4.78 is 0. The molecule has 1 rings (SSSR count). The monoisotopic (exact) mass is 186 g/mol. The van der Waals surface area contributed by atoms with Crippen LogP contribution in [-0.2, 0) is 4.79 Å². The van der Waals surface area contributed by atoms with Crippen molar-refractivity contribution in [3.63, 3.8) is 0 Å². The summed E-state index contributed by atoms with van der Waals surface area (Å²) in [7, 11) is 0. The van der Waals surface area contributed by atoms with Crippen LogP contribution in [0.1, 0.15) is 13.8 Å². The Morgan fingerprint density at radius 3 is 3.08 bits per heavy atom. The molecule has 1 aliphatic heterocycles. The van der Waals surface area contributed by atoms with Crippen LogP contribution in [-0.4, -0.2) is 48.2 Å². The van der Waals surface area contributed by atoms with Gasteiger partial charge in [-0.2, -0.15) is 0 Å². The number of hydrogen-bond donors (Lipinski definition) is 2. The molecule has 76 valence electrons. The zero-order chi connectivity index (χ0) is 9.84. The molecule has 2 N–H and O–H groups in total. The van der Waals surface area contributed by atoms with Crippen LogP contribution in [0.5, 0.6) is 0 Å². The predicted molar refractivity (Wildman–Crippen MR) is 50.3 cm³/mol. The van der Waals surface area contributed by atoms with Crippen molar-refractivity contribution in [2.75, 3.05) is 26.2 Å². The maximum atomic E-state index is 11.3. The van der Waals surface area contributed by atoms with E-state index in [9.17, 15) is 4.79 Å². The number of nitrogens with zero attached hydrogens (tertiary/aromatic N) is 1. The van der Waals surface area contributed by atoms with Gasteiger partial charge < -0.3 is 10.4 Å². The Bertz CT molecular complexity index is 184. The molecule has 1 saturated heterocycles. The Morgan fingerprint density at radius 1 is 1.77 bits per heavy atom. The number of aliphatic hydroxyl groups excluding tert-OH is 1. The van der Waals surface area contributed by atoms with Crippen LogP contribution >= 0.6 is 0 Å². The van der Waals surface area contributed by atoms with Gasteiger partial charge >= 0.3 is 0 Å². The zero-order valence-corrected chi connectivity index (χ0v) is 8.29. The topological polar surface area (TPSA) is 52.6 Å². The van der Waals surface area contributed by atoms with E-state index in [1.165, 1.54) is 0 Å². The van der Waals surface area contributed by atoms with E-state index in [1.807, 2.05) is 13.8 Å². The minimum atomic E-state index is -0.0530. The lowest BCUT2D eigenvalue weighted by molar-refractivity contribution is -0.128. The van der Waals surface area contributed by atoms with Gasteiger partial charge in [0.1, 0.15) is 0 Å². The summed E-state index contributed by atoms with van der Waals surface area (Å²) in [5, 5.41) is 11.7. The van der Waals surface area contributed by atoms with Gasteiger partial charge in [0.2, 0.25) is 5.91 Å². The molecule has 0 spiro atoms. The maximum absolute atomic E-state index is 11.3. The number of carbonyl (C=O) groups excluding carboxylic acids is 1. The number of rotatable bonds is 3. The Labute approximate surface area is 78.9 Å². The van der Waals surface area contributed by atoms with Crippen molar-refractivity contribution in [1.29, 1.82) is 0 Å². The molecule has 2 atom stereocenters. The van der Waals surface area contributed by atoms with Gasteiger partial charge in [0, 0.05) is 26.2 Å². The van der Waals surface area contributed by atoms with Gasteiger partial charge in [-0.25, -0.2) is 0 Å². The van der Waals surface area contributed by atoms with Crippen LogP contribution in [0.15, 0.2) is 0 Å². The summed E-state index contributed by atoms with van der Waals surface area (Å²) in [5.74, 6) is 0.338. The van der Waals surface area contributed by atoms with E-state index >= 15 is 0 Å². The highest BCUT2D eigenvalue weighted by atomic mass is 16.3. The largest absolute Gasteiger partial charge is 0.396 e. The van der Waals surface area contributed by atoms with Crippen molar-refractivity contribution in [2.24, 2.45) is 5.92 Å². The molecule has 4 nitrogen and oxygen atoms in total. The van der Waals surface area contributed by atoms with Gasteiger partial charge in [0.05, 0.1) is 6.04 Å². The van der Waals surface area contributed by atoms with E-state index in [0.717, 1.165) is 19.6 Å². The summed E-state index contributed by atoms with van der Waals surface area (Å²) in [6.07, 6.45) is 0. The number of hydrogen-bond acceptors (Lipinski definition) is 3. The van der Waals surface area contributed by atoms with E-state index in [-0.39, 0.29) is 24.5 Å². The van der Waals surface area contributed by atoms with Gasteiger partial charge in [-0.05, 0) is 12.8 Å². The molecular weight excluding hydrogens is 168 g/mol. The highest BCUT2D eigenvalue weighted by molar-refractivity contribution is 5.81. The van der Waals surface area contributed by atoms with Gasteiger partial charge in [-0.3, -0.25) is 9.69 Å². The predicted octanol–water partition coefficient (Wildman–Crippen LogP) is -0.565. The smallest absolute Gasteiger partial charge is 0.237 e. The van der Waals surface area contributed by atoms with Crippen molar-refractivity contribution in [2.45, 2.75) is 19.9 Å². The molecule has 1 fully saturated rings. The minimum absolute atomic E-state index is 0.0530. The minimum Gasteiger partial charge on any atom is -0.396 e. The molecule has 1 amide bonds. The van der Waals surface area contributed by atoms with Crippen LogP contribution in [0.25, 0.3) is 0 Å². The van der Waals surface area contributed by atoms with Crippen LogP contribution in [0.2, 0.25) is 0 Å². The molecule has 13 heavy (non-hydrogen) atoms. The molecule has 0 aromatic carbocycles. The Hall–Kier alpha value is -0.610. The van der Waals surface area contributed by atoms with Crippen molar-refractivity contribution in [3.8, 4) is 0 Å². The quantitative estimate of drug-likeness (QED) is 0.621. The SMILES string of the molecule is CC(CO)CN1CCNC(=O)C1C. The first-order chi connectivity index (χ1) is 6.15. The average molecular weight is 186 g/mol. The number of amides is 1. The number of piperazine rings is 1. The summed E-state index contributed by atoms with van der Waals surface area (Å²) in [6, 6.07) is -0.0530. The Kier molecular flexibility index (Phi) is 3.69. The Morgan fingerprint density at radius 2 is 2.46 bits per heavy atom. The second-order valence-electron chi connectivity index (χ2n) is 3.75. The van der Waals surface area contributed by atoms with Crippen molar-refractivity contribution >= 4 is 5.91 Å². The van der Waals surface area contributed by atoms with E-state index in [0.29, 0.717) is 0 Å². The van der Waals surface area contributed by atoms with Gasteiger partial charge in [-0.1, -0.05) is 6.92 Å². The first-order valence-corrected chi connectivity index (χ1v) is 4.77. The third-order valence-corrected chi connectivity index (χ3v) is 2.48. The second kappa shape index (κ2) is 4.58. The normalized spacial score (nSPS) is 27.0. The molecule has 4 heteroatoms. The third-order valence-electron chi connectivity index (χ3n) is 2.48. The van der Waals surface area contributed by atoms with E-state index in [1.54, 1.807) is 0 Å². The molecular formula is C9H18N2O2. The molecule has 0 radical (unpaired) electrons. The van der Waals surface area contributed by atoms with Crippen LogP contribution < -0.4 is 5.32 Å². The fourth-order valence-corrected chi connectivity index (χ4v) is 1.54. The van der Waals surface area contributed by atoms with Gasteiger partial charge in [-0.15, -0.1) is 0 Å². The zero-order valence-electron chi connectivity index (χ0n) is 8.29. The molecule has 0 aliphatic carbocycles. The number of carbonyl (C=O) groups is 1. The van der Waals surface area contributed by atoms with Gasteiger partial charge in [0.15, 0.2) is 0 Å². The molecule has 1 aliphatic rings. The molecule has 1 heterocycles. The second-order valence-corrected chi connectivity index (χ2v) is 3.75. The summed E-state index contributed by atoms with van der Waals surface area (Å²) in [5.41, 5.74) is 0. The number of aliphatic hydroxyl groups is 1. The standard InChI is InChI=1S/C9H18N2O2/c1-7(6-12)5-11-4-3-10-9(13)8(11)2/h7-8,12H,3-6H2,1-2H3,(H,10,13). The fourth-order valence-electron chi connectivity index (χ4n) is 1.54. The molecule has 0 bridgehead atoms. The third kappa shape index (κ3) is 2.67. The van der Waals surface area contributed by atoms with Crippen LogP contribution in [0, 0.1) is 5.92 Å². The molecule has 0 saturated carbocycles. The van der Waals surface area contributed by atoms with Crippen LogP contribution in [0.4, 0.5) is 0 Å². The van der Waals surface area contributed by atoms with E-state index in [2.05, 4.69) is 10.2 Å². The lowest BCUT2D eigenvalue weighted by Gasteiger charge is -2.34. The summed E-state index contributed by atoms with van der Waals surface area (Å²) >= 11 is 0. The van der Waals surface area contributed by atoms with Crippen molar-refractivity contribution < 1.29 is 9.90 Å². The summed E-state index contributed by atoms with van der Waals surface area (Å²) in [6.45, 7) is 6.48. The molecule has 2 unspecified atom stereocenters. The number of nitrogens with one attached hydrogen (secondary N) is 1. The first kappa shape index (κ1) is 10.5. The fraction of sp³-hybridized carbons (Fsp3) is 0.889. The van der Waals surface area contributed by atoms with Gasteiger partial charge in [0.25, 0.3) is 0 Å². The lowest BCUT2D eigenvalue weighted by Crippen LogP contribution is -2.54. The van der Waals surface area contributed by atoms with E-state index in [4.69, 9.17) is 5.11 Å². The molecule has 0 aromatic heterocycles. The highest BCUT2D eigenvalue weighted by Crippen LogP contribution is 2.07. The average Bonchev–Trinajstić information content (AvgIpc) is 2.13.